The molecule has 0 aliphatic heterocycles. The summed E-state index contributed by atoms with van der Waals surface area (Å²) in [5, 5.41) is 2.41. The quantitative estimate of drug-likeness (QED) is 0.186. The largest absolute Gasteiger partial charge is 0.418 e. The zero-order valence-corrected chi connectivity index (χ0v) is 17.5. The van der Waals surface area contributed by atoms with Gasteiger partial charge in [0.05, 0.1) is 16.8 Å². The number of carbonyl (C=O) groups is 1. The molecule has 0 atom stereocenters. The highest BCUT2D eigenvalue weighted by Crippen LogP contribution is 2.41. The van der Waals surface area contributed by atoms with E-state index < -0.39 is 40.7 Å². The predicted octanol–water partition coefficient (Wildman–Crippen LogP) is 7.26. The van der Waals surface area contributed by atoms with E-state index in [0.717, 1.165) is 6.07 Å². The van der Waals surface area contributed by atoms with E-state index in [-0.39, 0.29) is 33.7 Å². The molecule has 1 N–H and O–H groups in total. The van der Waals surface area contributed by atoms with E-state index in [0.29, 0.717) is 11.6 Å². The van der Waals surface area contributed by atoms with Crippen molar-refractivity contribution in [3.63, 3.8) is 0 Å². The third-order valence-corrected chi connectivity index (χ3v) is 5.50. The van der Waals surface area contributed by atoms with E-state index >= 15 is 0 Å². The number of anilines is 1. The van der Waals surface area contributed by atoms with Crippen LogP contribution in [0.1, 0.15) is 21.5 Å². The van der Waals surface area contributed by atoms with Crippen LogP contribution in [-0.2, 0) is 6.18 Å². The molecule has 1 amide bonds. The SMILES string of the molecule is Cc1ccc2cc(C(F)(F)F)c(-c3ccc(NC(=O)c4cc(F)c(F)cc4F)cc3)n2c1Cl. The number of hydrogen-bond donors (Lipinski definition) is 1. The number of nitrogens with one attached hydrogen (secondary N) is 1. The minimum atomic E-state index is -4.66. The first-order chi connectivity index (χ1) is 15.5. The molecule has 0 radical (unpaired) electrons. The van der Waals surface area contributed by atoms with Gasteiger partial charge in [0.15, 0.2) is 11.6 Å². The van der Waals surface area contributed by atoms with Gasteiger partial charge in [-0.05, 0) is 48.4 Å². The summed E-state index contributed by atoms with van der Waals surface area (Å²) in [5.41, 5.74) is -0.716. The first kappa shape index (κ1) is 22.7. The zero-order chi connectivity index (χ0) is 24.1. The van der Waals surface area contributed by atoms with Crippen molar-refractivity contribution >= 4 is 28.7 Å². The van der Waals surface area contributed by atoms with Crippen LogP contribution in [0.25, 0.3) is 16.8 Å². The Kier molecular flexibility index (Phi) is 5.61. The molecule has 10 heteroatoms. The molecule has 0 fully saturated rings. The van der Waals surface area contributed by atoms with Gasteiger partial charge in [0.25, 0.3) is 5.91 Å². The fourth-order valence-corrected chi connectivity index (χ4v) is 3.67. The van der Waals surface area contributed by atoms with E-state index in [2.05, 4.69) is 5.32 Å². The second-order valence-corrected chi connectivity index (χ2v) is 7.61. The highest BCUT2D eigenvalue weighted by molar-refractivity contribution is 6.30. The number of amides is 1. The van der Waals surface area contributed by atoms with Crippen LogP contribution in [-0.4, -0.2) is 10.3 Å². The van der Waals surface area contributed by atoms with Gasteiger partial charge in [-0.25, -0.2) is 13.2 Å². The third-order valence-electron chi connectivity index (χ3n) is 5.03. The Morgan fingerprint density at radius 1 is 0.909 bits per heavy atom. The van der Waals surface area contributed by atoms with Crippen LogP contribution in [0.5, 0.6) is 0 Å². The molecule has 33 heavy (non-hydrogen) atoms. The predicted molar refractivity (Wildman–Crippen MR) is 112 cm³/mol. The topological polar surface area (TPSA) is 33.5 Å². The van der Waals surface area contributed by atoms with Gasteiger partial charge in [-0.15, -0.1) is 0 Å². The van der Waals surface area contributed by atoms with Gasteiger partial charge in [-0.3, -0.25) is 9.20 Å². The van der Waals surface area contributed by atoms with Crippen molar-refractivity contribution in [2.45, 2.75) is 13.1 Å². The fraction of sp³-hybridized carbons (Fsp3) is 0.0870. The Morgan fingerprint density at radius 3 is 2.18 bits per heavy atom. The molecule has 2 aromatic heterocycles. The van der Waals surface area contributed by atoms with Crippen LogP contribution in [0, 0.1) is 24.4 Å². The van der Waals surface area contributed by atoms with E-state index in [1.54, 1.807) is 13.0 Å². The standard InChI is InChI=1S/C23H13ClF6N2O/c1-11-2-7-14-8-16(23(28,29)30)20(32(14)21(11)24)12-3-5-13(6-4-12)31-22(33)15-9-18(26)19(27)10-17(15)25/h2-10H,1H3,(H,31,33). The zero-order valence-electron chi connectivity index (χ0n) is 16.7. The molecule has 2 aromatic carbocycles. The molecular formula is C23H13ClF6N2O. The van der Waals surface area contributed by atoms with Crippen molar-refractivity contribution in [3.05, 3.63) is 93.9 Å². The normalized spacial score (nSPS) is 11.8. The Balaban J connectivity index is 1.73. The highest BCUT2D eigenvalue weighted by Gasteiger charge is 2.36. The number of hydrogen-bond acceptors (Lipinski definition) is 1. The lowest BCUT2D eigenvalue weighted by Gasteiger charge is -2.13. The molecule has 0 aliphatic rings. The van der Waals surface area contributed by atoms with Gasteiger partial charge in [0.2, 0.25) is 0 Å². The van der Waals surface area contributed by atoms with Crippen molar-refractivity contribution in [1.29, 1.82) is 0 Å². The Labute approximate surface area is 188 Å². The average Bonchev–Trinajstić information content (AvgIpc) is 3.15. The number of benzene rings is 2. The van der Waals surface area contributed by atoms with Gasteiger partial charge in [0, 0.05) is 17.3 Å². The van der Waals surface area contributed by atoms with Crippen LogP contribution in [0.4, 0.5) is 32.0 Å². The van der Waals surface area contributed by atoms with Gasteiger partial charge in [-0.1, -0.05) is 29.8 Å². The van der Waals surface area contributed by atoms with Crippen LogP contribution in [0.2, 0.25) is 5.15 Å². The Hall–Kier alpha value is -3.46. The summed E-state index contributed by atoms with van der Waals surface area (Å²) in [6.07, 6.45) is -4.66. The van der Waals surface area contributed by atoms with Crippen molar-refractivity contribution in [2.24, 2.45) is 0 Å². The smallest absolute Gasteiger partial charge is 0.322 e. The summed E-state index contributed by atoms with van der Waals surface area (Å²) in [6.45, 7) is 1.66. The number of halogens is 7. The number of aryl methyl sites for hydroxylation is 1. The molecule has 0 saturated carbocycles. The molecule has 0 unspecified atom stereocenters. The van der Waals surface area contributed by atoms with Crippen LogP contribution in [0.15, 0.2) is 54.6 Å². The van der Waals surface area contributed by atoms with E-state index in [9.17, 15) is 31.1 Å². The second kappa shape index (κ2) is 8.15. The molecule has 3 nitrogen and oxygen atoms in total. The van der Waals surface area contributed by atoms with Gasteiger partial charge in [-0.2, -0.15) is 13.2 Å². The number of aromatic nitrogens is 1. The first-order valence-electron chi connectivity index (χ1n) is 9.41. The maximum Gasteiger partial charge on any atom is 0.418 e. The van der Waals surface area contributed by atoms with E-state index in [1.165, 1.54) is 34.7 Å². The molecule has 2 heterocycles. The summed E-state index contributed by atoms with van der Waals surface area (Å²) in [5.74, 6) is -5.16. The Morgan fingerprint density at radius 2 is 1.55 bits per heavy atom. The number of pyridine rings is 1. The fourth-order valence-electron chi connectivity index (χ4n) is 3.43. The van der Waals surface area contributed by atoms with E-state index in [1.807, 2.05) is 0 Å². The second-order valence-electron chi connectivity index (χ2n) is 7.25. The molecule has 4 aromatic rings. The minimum absolute atomic E-state index is 0.101. The molecule has 0 aliphatic carbocycles. The molecule has 0 bridgehead atoms. The molecule has 0 spiro atoms. The third kappa shape index (κ3) is 4.16. The Bertz CT molecular complexity index is 1390. The molecule has 170 valence electrons. The summed E-state index contributed by atoms with van der Waals surface area (Å²) in [6, 6.07) is 10.0. The maximum absolute atomic E-state index is 13.8. The number of rotatable bonds is 3. The minimum Gasteiger partial charge on any atom is -0.322 e. The first-order valence-corrected chi connectivity index (χ1v) is 9.79. The van der Waals surface area contributed by atoms with Crippen molar-refractivity contribution < 1.29 is 31.1 Å². The maximum atomic E-state index is 13.8. The molecular weight excluding hydrogens is 470 g/mol. The van der Waals surface area contributed by atoms with Crippen molar-refractivity contribution in [2.75, 3.05) is 5.32 Å². The monoisotopic (exact) mass is 482 g/mol. The lowest BCUT2D eigenvalue weighted by molar-refractivity contribution is -0.137. The van der Waals surface area contributed by atoms with Gasteiger partial charge >= 0.3 is 6.18 Å². The lowest BCUT2D eigenvalue weighted by Crippen LogP contribution is -2.14. The van der Waals surface area contributed by atoms with Crippen LogP contribution in [0.3, 0.4) is 0 Å². The summed E-state index contributed by atoms with van der Waals surface area (Å²) in [4.78, 5) is 12.2. The van der Waals surface area contributed by atoms with E-state index in [4.69, 9.17) is 11.6 Å². The van der Waals surface area contributed by atoms with Gasteiger partial charge < -0.3 is 5.32 Å². The summed E-state index contributed by atoms with van der Waals surface area (Å²) in [7, 11) is 0. The van der Waals surface area contributed by atoms with Crippen molar-refractivity contribution in [3.8, 4) is 11.3 Å². The lowest BCUT2D eigenvalue weighted by atomic mass is 10.1. The van der Waals surface area contributed by atoms with Crippen LogP contribution >= 0.6 is 11.6 Å². The highest BCUT2D eigenvalue weighted by atomic mass is 35.5. The number of alkyl halides is 3. The van der Waals surface area contributed by atoms with Crippen LogP contribution < -0.4 is 5.32 Å². The number of carbonyl (C=O) groups excluding carboxylic acids is 1. The molecule has 4 rings (SSSR count). The number of fused-ring (bicyclic) bond motifs is 1. The average molecular weight is 483 g/mol. The summed E-state index contributed by atoms with van der Waals surface area (Å²) < 4.78 is 82.7. The molecule has 0 saturated heterocycles. The summed E-state index contributed by atoms with van der Waals surface area (Å²) >= 11 is 6.30. The van der Waals surface area contributed by atoms with Gasteiger partial charge in [0.1, 0.15) is 11.0 Å². The number of nitrogens with zero attached hydrogens (tertiary/aromatic N) is 1. The van der Waals surface area contributed by atoms with Crippen molar-refractivity contribution in [1.82, 2.24) is 4.40 Å².